The summed E-state index contributed by atoms with van der Waals surface area (Å²) >= 11 is 6.27. The maximum absolute atomic E-state index is 14.8. The van der Waals surface area contributed by atoms with Gasteiger partial charge in [0.05, 0.1) is 10.6 Å². The van der Waals surface area contributed by atoms with Crippen molar-refractivity contribution in [1.82, 2.24) is 10.2 Å². The monoisotopic (exact) mass is 685 g/mol. The molecule has 0 saturated heterocycles. The van der Waals surface area contributed by atoms with Crippen molar-refractivity contribution in [2.45, 2.75) is 82.8 Å². The molecule has 7 nitrogen and oxygen atoms in total. The highest BCUT2D eigenvalue weighted by atomic mass is 35.5. The minimum Gasteiger partial charge on any atom is -0.352 e. The minimum absolute atomic E-state index is 0.0379. The summed E-state index contributed by atoms with van der Waals surface area (Å²) in [6, 6.07) is 28.1. The number of carbonyl (C=O) groups is 2. The second-order valence-corrected chi connectivity index (χ2v) is 15.1. The number of carbonyl (C=O) groups excluding carboxylic acids is 2. The SMILES string of the molecule is Cc1ccc(CN(C(=O)CN(c2ccc(Cl)cc2C)S(=O)(=O)c2ccc(C)cc2)[C@@H](Cc2ccccc2)C(=O)NC2CCCCC2)cc1. The number of aryl methyl sites for hydroxylation is 3. The highest BCUT2D eigenvalue weighted by Crippen LogP contribution is 2.30. The van der Waals surface area contributed by atoms with Crippen molar-refractivity contribution in [2.24, 2.45) is 0 Å². The Morgan fingerprint density at radius 3 is 2.06 bits per heavy atom. The van der Waals surface area contributed by atoms with Crippen LogP contribution in [0.15, 0.2) is 102 Å². The molecule has 0 aromatic heterocycles. The third-order valence-electron chi connectivity index (χ3n) is 9.01. The topological polar surface area (TPSA) is 86.8 Å². The zero-order valence-electron chi connectivity index (χ0n) is 27.9. The van der Waals surface area contributed by atoms with Gasteiger partial charge in [0.2, 0.25) is 11.8 Å². The first kappa shape index (κ1) is 35.2. The number of anilines is 1. The van der Waals surface area contributed by atoms with Crippen LogP contribution in [0.25, 0.3) is 0 Å². The van der Waals surface area contributed by atoms with E-state index >= 15 is 0 Å². The van der Waals surface area contributed by atoms with Crippen LogP contribution in [-0.4, -0.2) is 43.8 Å². The summed E-state index contributed by atoms with van der Waals surface area (Å²) in [5.41, 5.74) is 4.67. The van der Waals surface area contributed by atoms with Crippen LogP contribution in [0.1, 0.15) is 59.9 Å². The van der Waals surface area contributed by atoms with Gasteiger partial charge in [0.15, 0.2) is 0 Å². The summed E-state index contributed by atoms with van der Waals surface area (Å²) in [5.74, 6) is -0.720. The van der Waals surface area contributed by atoms with Crippen LogP contribution in [0.3, 0.4) is 0 Å². The Hall–Kier alpha value is -4.14. The summed E-state index contributed by atoms with van der Waals surface area (Å²) in [5, 5.41) is 3.71. The zero-order chi connectivity index (χ0) is 34.3. The van der Waals surface area contributed by atoms with E-state index in [1.54, 1.807) is 54.3 Å². The number of hydrogen-bond acceptors (Lipinski definition) is 4. The fourth-order valence-corrected chi connectivity index (χ4v) is 7.94. The van der Waals surface area contributed by atoms with E-state index in [0.29, 0.717) is 16.3 Å². The van der Waals surface area contributed by atoms with Gasteiger partial charge in [0, 0.05) is 24.0 Å². The molecule has 5 rings (SSSR count). The van der Waals surface area contributed by atoms with Gasteiger partial charge < -0.3 is 10.2 Å². The Kier molecular flexibility index (Phi) is 11.6. The average Bonchev–Trinajstić information content (AvgIpc) is 3.07. The zero-order valence-corrected chi connectivity index (χ0v) is 29.4. The molecule has 0 spiro atoms. The first-order valence-electron chi connectivity index (χ1n) is 16.6. The number of nitrogens with zero attached hydrogens (tertiary/aromatic N) is 2. The lowest BCUT2D eigenvalue weighted by atomic mass is 9.94. The first-order chi connectivity index (χ1) is 23.0. The van der Waals surface area contributed by atoms with Crippen molar-refractivity contribution >= 4 is 39.1 Å². The highest BCUT2D eigenvalue weighted by Gasteiger charge is 2.36. The summed E-state index contributed by atoms with van der Waals surface area (Å²) in [6.45, 7) is 5.27. The molecule has 2 amide bonds. The van der Waals surface area contributed by atoms with Crippen LogP contribution in [0.4, 0.5) is 5.69 Å². The normalized spacial score (nSPS) is 14.2. The van der Waals surface area contributed by atoms with E-state index in [0.717, 1.165) is 58.7 Å². The molecule has 252 valence electrons. The van der Waals surface area contributed by atoms with Gasteiger partial charge in [-0.05, 0) is 80.6 Å². The van der Waals surface area contributed by atoms with Crippen LogP contribution in [0, 0.1) is 20.8 Å². The number of nitrogens with one attached hydrogen (secondary N) is 1. The van der Waals surface area contributed by atoms with Crippen molar-refractivity contribution in [3.8, 4) is 0 Å². The fraction of sp³-hybridized carbons (Fsp3) is 0.333. The molecule has 1 aliphatic carbocycles. The number of sulfonamides is 1. The molecule has 0 unspecified atom stereocenters. The van der Waals surface area contributed by atoms with Crippen molar-refractivity contribution in [2.75, 3.05) is 10.8 Å². The largest absolute Gasteiger partial charge is 0.352 e. The van der Waals surface area contributed by atoms with Gasteiger partial charge in [-0.2, -0.15) is 0 Å². The lowest BCUT2D eigenvalue weighted by Gasteiger charge is -2.35. The molecule has 1 atom stereocenters. The Bertz CT molecular complexity index is 1810. The molecule has 0 radical (unpaired) electrons. The predicted octanol–water partition coefficient (Wildman–Crippen LogP) is 7.55. The molecule has 1 fully saturated rings. The smallest absolute Gasteiger partial charge is 0.264 e. The van der Waals surface area contributed by atoms with E-state index < -0.39 is 28.5 Å². The van der Waals surface area contributed by atoms with Gasteiger partial charge in [-0.3, -0.25) is 13.9 Å². The van der Waals surface area contributed by atoms with E-state index in [9.17, 15) is 18.0 Å². The maximum atomic E-state index is 14.8. The molecule has 9 heteroatoms. The molecule has 0 aliphatic heterocycles. The van der Waals surface area contributed by atoms with E-state index in [2.05, 4.69) is 5.32 Å². The van der Waals surface area contributed by atoms with Gasteiger partial charge in [0.25, 0.3) is 10.0 Å². The Labute approximate surface area is 290 Å². The van der Waals surface area contributed by atoms with Crippen LogP contribution in [0.2, 0.25) is 5.02 Å². The summed E-state index contributed by atoms with van der Waals surface area (Å²) in [4.78, 5) is 30.6. The Balaban J connectivity index is 1.58. The number of hydrogen-bond donors (Lipinski definition) is 1. The van der Waals surface area contributed by atoms with E-state index in [1.807, 2.05) is 68.4 Å². The van der Waals surface area contributed by atoms with Crippen molar-refractivity contribution in [3.63, 3.8) is 0 Å². The second-order valence-electron chi connectivity index (χ2n) is 12.8. The molecule has 4 aromatic rings. The Morgan fingerprint density at radius 1 is 0.812 bits per heavy atom. The number of halogens is 1. The standard InChI is InChI=1S/C39H44ClN3O4S/c1-28-14-18-32(19-15-28)26-42(37(25-31-10-6-4-7-11-31)39(45)41-34-12-8-5-9-13-34)38(44)27-43(36-23-20-33(40)24-30(36)3)48(46,47)35-21-16-29(2)17-22-35/h4,6-7,10-11,14-24,34,37H,5,8-9,12-13,25-27H2,1-3H3,(H,41,45)/t37-/m0/s1. The van der Waals surface area contributed by atoms with Gasteiger partial charge in [-0.15, -0.1) is 0 Å². The third-order valence-corrected chi connectivity index (χ3v) is 11.0. The number of benzene rings is 4. The van der Waals surface area contributed by atoms with Gasteiger partial charge in [-0.1, -0.05) is 109 Å². The fourth-order valence-electron chi connectivity index (χ4n) is 6.24. The Morgan fingerprint density at radius 2 is 1.44 bits per heavy atom. The van der Waals surface area contributed by atoms with Crippen LogP contribution in [-0.2, 0) is 32.6 Å². The summed E-state index contributed by atoms with van der Waals surface area (Å²) in [6.07, 6.45) is 5.32. The quantitative estimate of drug-likeness (QED) is 0.167. The molecule has 0 heterocycles. The van der Waals surface area contributed by atoms with Crippen LogP contribution in [0.5, 0.6) is 0 Å². The number of amides is 2. The molecule has 48 heavy (non-hydrogen) atoms. The molecular formula is C39H44ClN3O4S. The van der Waals surface area contributed by atoms with Crippen LogP contribution < -0.4 is 9.62 Å². The third kappa shape index (κ3) is 8.85. The maximum Gasteiger partial charge on any atom is 0.264 e. The summed E-state index contributed by atoms with van der Waals surface area (Å²) < 4.78 is 29.8. The second kappa shape index (κ2) is 15.8. The molecule has 1 N–H and O–H groups in total. The average molecular weight is 686 g/mol. The summed E-state index contributed by atoms with van der Waals surface area (Å²) in [7, 11) is -4.20. The lowest BCUT2D eigenvalue weighted by molar-refractivity contribution is -0.140. The molecule has 1 saturated carbocycles. The van der Waals surface area contributed by atoms with E-state index in [4.69, 9.17) is 11.6 Å². The van der Waals surface area contributed by atoms with Crippen molar-refractivity contribution in [1.29, 1.82) is 0 Å². The molecule has 1 aliphatic rings. The first-order valence-corrected chi connectivity index (χ1v) is 18.4. The predicted molar refractivity (Wildman–Crippen MR) is 193 cm³/mol. The molecule has 0 bridgehead atoms. The number of rotatable bonds is 12. The molecule has 4 aromatic carbocycles. The van der Waals surface area contributed by atoms with Gasteiger partial charge >= 0.3 is 0 Å². The van der Waals surface area contributed by atoms with Crippen molar-refractivity contribution in [3.05, 3.63) is 130 Å². The minimum atomic E-state index is -4.20. The van der Waals surface area contributed by atoms with Gasteiger partial charge in [-0.25, -0.2) is 8.42 Å². The van der Waals surface area contributed by atoms with E-state index in [-0.39, 0.29) is 29.8 Å². The van der Waals surface area contributed by atoms with Crippen molar-refractivity contribution < 1.29 is 18.0 Å². The molecular weight excluding hydrogens is 642 g/mol. The van der Waals surface area contributed by atoms with Gasteiger partial charge in [0.1, 0.15) is 12.6 Å². The van der Waals surface area contributed by atoms with Crippen LogP contribution >= 0.6 is 11.6 Å². The lowest BCUT2D eigenvalue weighted by Crippen LogP contribution is -2.55. The highest BCUT2D eigenvalue weighted by molar-refractivity contribution is 7.92. The van der Waals surface area contributed by atoms with E-state index in [1.165, 1.54) is 0 Å².